The first-order valence-corrected chi connectivity index (χ1v) is 19.1. The van der Waals surface area contributed by atoms with Crippen LogP contribution in [0.2, 0.25) is 0 Å². The second-order valence-corrected chi connectivity index (χ2v) is 15.5. The van der Waals surface area contributed by atoms with E-state index in [0.717, 1.165) is 11.1 Å². The summed E-state index contributed by atoms with van der Waals surface area (Å²) in [7, 11) is 3.66. The van der Waals surface area contributed by atoms with Gasteiger partial charge in [0.25, 0.3) is 5.91 Å². The van der Waals surface area contributed by atoms with Gasteiger partial charge >= 0.3 is 12.1 Å². The molecule has 0 unspecified atom stereocenters. The fourth-order valence-corrected chi connectivity index (χ4v) is 7.64. The number of hydrogen-bond donors (Lipinski definition) is 4. The van der Waals surface area contributed by atoms with Crippen molar-refractivity contribution in [2.45, 2.75) is 95.1 Å². The van der Waals surface area contributed by atoms with Crippen molar-refractivity contribution in [3.05, 3.63) is 71.4 Å². The number of fused-ring (bicyclic) bond motifs is 3. The molecule has 6 rings (SSSR count). The SMILES string of the molecule is CC(C)[C@@H](NC(=O)c1ccc(N(C)C)nc1)C(=O)N[C@H]1CCCC/C=C\[C@@H]2C[C@@]2(C(=O)O)NC(=O)[C@@H]2C[C@@H](OC(=O)N3CCc4ccccc4C3)CN2C1=O. The van der Waals surface area contributed by atoms with Crippen LogP contribution in [0, 0.1) is 11.8 Å². The van der Waals surface area contributed by atoms with E-state index < -0.39 is 71.4 Å². The van der Waals surface area contributed by atoms with Crippen molar-refractivity contribution in [2.75, 3.05) is 32.1 Å². The molecule has 6 atom stereocenters. The largest absolute Gasteiger partial charge is 0.479 e. The molecule has 55 heavy (non-hydrogen) atoms. The Balaban J connectivity index is 1.21. The van der Waals surface area contributed by atoms with Gasteiger partial charge in [-0.2, -0.15) is 0 Å². The molecule has 0 spiro atoms. The monoisotopic (exact) mass is 757 g/mol. The van der Waals surface area contributed by atoms with E-state index >= 15 is 0 Å². The summed E-state index contributed by atoms with van der Waals surface area (Å²) < 4.78 is 5.93. The van der Waals surface area contributed by atoms with Crippen molar-refractivity contribution in [1.29, 1.82) is 0 Å². The van der Waals surface area contributed by atoms with Gasteiger partial charge in [-0.3, -0.25) is 19.2 Å². The first kappa shape index (κ1) is 39.2. The molecule has 0 radical (unpaired) electrons. The Morgan fingerprint density at radius 1 is 1.07 bits per heavy atom. The number of anilines is 1. The summed E-state index contributed by atoms with van der Waals surface area (Å²) >= 11 is 0. The number of aliphatic carboxylic acids is 1. The molecule has 2 aromatic rings. The van der Waals surface area contributed by atoms with Gasteiger partial charge in [-0.25, -0.2) is 14.6 Å². The van der Waals surface area contributed by atoms with Gasteiger partial charge in [0.05, 0.1) is 12.1 Å². The van der Waals surface area contributed by atoms with E-state index in [9.17, 15) is 33.9 Å². The van der Waals surface area contributed by atoms with E-state index in [1.807, 2.05) is 50.5 Å². The van der Waals surface area contributed by atoms with Crippen LogP contribution in [0.3, 0.4) is 0 Å². The molecule has 2 fully saturated rings. The maximum Gasteiger partial charge on any atom is 0.410 e. The zero-order valence-electron chi connectivity index (χ0n) is 31.8. The first-order valence-electron chi connectivity index (χ1n) is 19.1. The summed E-state index contributed by atoms with van der Waals surface area (Å²) in [5, 5.41) is 18.5. The van der Waals surface area contributed by atoms with Crippen LogP contribution < -0.4 is 20.9 Å². The van der Waals surface area contributed by atoms with Gasteiger partial charge in [-0.15, -0.1) is 0 Å². The highest BCUT2D eigenvalue weighted by Gasteiger charge is 2.61. The second kappa shape index (κ2) is 16.5. The lowest BCUT2D eigenvalue weighted by Crippen LogP contribution is -2.58. The Morgan fingerprint density at radius 2 is 1.84 bits per heavy atom. The minimum Gasteiger partial charge on any atom is -0.479 e. The van der Waals surface area contributed by atoms with Gasteiger partial charge in [0.2, 0.25) is 17.7 Å². The number of allylic oxidation sites excluding steroid dienone is 1. The Morgan fingerprint density at radius 3 is 2.53 bits per heavy atom. The molecule has 1 aromatic carbocycles. The molecular formula is C40H51N7O8. The lowest BCUT2D eigenvalue weighted by atomic mass is 10.0. The van der Waals surface area contributed by atoms with E-state index in [1.165, 1.54) is 11.1 Å². The highest BCUT2D eigenvalue weighted by Crippen LogP contribution is 2.45. The average Bonchev–Trinajstić information content (AvgIpc) is 3.70. The number of rotatable bonds is 8. The van der Waals surface area contributed by atoms with Crippen molar-refractivity contribution < 1.29 is 38.6 Å². The molecule has 1 aromatic heterocycles. The van der Waals surface area contributed by atoms with E-state index in [-0.39, 0.29) is 37.3 Å². The summed E-state index contributed by atoms with van der Waals surface area (Å²) in [4.78, 5) is 90.6. The maximum absolute atomic E-state index is 14.5. The van der Waals surface area contributed by atoms with Crippen LogP contribution in [0.5, 0.6) is 0 Å². The summed E-state index contributed by atoms with van der Waals surface area (Å²) in [6.07, 6.45) is 6.62. The first-order chi connectivity index (χ1) is 26.3. The Bertz CT molecular complexity index is 1830. The normalized spacial score (nSPS) is 26.3. The second-order valence-electron chi connectivity index (χ2n) is 15.5. The molecule has 294 valence electrons. The molecule has 15 heteroatoms. The number of carboxylic acids is 1. The van der Waals surface area contributed by atoms with Crippen molar-refractivity contribution >= 4 is 41.5 Å². The number of benzene rings is 1. The molecule has 4 aliphatic rings. The Hall–Kier alpha value is -5.47. The van der Waals surface area contributed by atoms with Crippen LogP contribution in [0.15, 0.2) is 54.7 Å². The maximum atomic E-state index is 14.5. The molecule has 4 heterocycles. The minimum atomic E-state index is -1.50. The van der Waals surface area contributed by atoms with Gasteiger partial charge in [-0.05, 0) is 61.3 Å². The summed E-state index contributed by atoms with van der Waals surface area (Å²) in [5.74, 6) is -3.54. The highest BCUT2D eigenvalue weighted by atomic mass is 16.6. The molecule has 1 saturated heterocycles. The van der Waals surface area contributed by atoms with E-state index in [1.54, 1.807) is 35.8 Å². The summed E-state index contributed by atoms with van der Waals surface area (Å²) in [5.41, 5.74) is 0.946. The smallest absolute Gasteiger partial charge is 0.410 e. The van der Waals surface area contributed by atoms with Crippen molar-refractivity contribution in [2.24, 2.45) is 11.8 Å². The number of aromatic nitrogens is 1. The van der Waals surface area contributed by atoms with Crippen LogP contribution in [-0.2, 0) is 36.9 Å². The van der Waals surface area contributed by atoms with Gasteiger partial charge in [0.1, 0.15) is 35.6 Å². The van der Waals surface area contributed by atoms with E-state index in [0.29, 0.717) is 44.6 Å². The van der Waals surface area contributed by atoms with Gasteiger partial charge in [-0.1, -0.05) is 56.7 Å². The number of ether oxygens (including phenoxy) is 1. The van der Waals surface area contributed by atoms with Gasteiger partial charge in [0, 0.05) is 45.7 Å². The number of carbonyl (C=O) groups excluding carboxylic acids is 5. The third-order valence-electron chi connectivity index (χ3n) is 11.0. The van der Waals surface area contributed by atoms with E-state index in [4.69, 9.17) is 4.74 Å². The zero-order chi connectivity index (χ0) is 39.4. The van der Waals surface area contributed by atoms with Crippen LogP contribution in [0.4, 0.5) is 10.6 Å². The number of hydrogen-bond acceptors (Lipinski definition) is 9. The lowest BCUT2D eigenvalue weighted by molar-refractivity contribution is -0.146. The Kier molecular flexibility index (Phi) is 11.8. The van der Waals surface area contributed by atoms with Gasteiger partial charge in [0.15, 0.2) is 0 Å². The fourth-order valence-electron chi connectivity index (χ4n) is 7.64. The van der Waals surface area contributed by atoms with Crippen molar-refractivity contribution in [1.82, 2.24) is 30.7 Å². The predicted molar refractivity (Wildman–Crippen MR) is 202 cm³/mol. The van der Waals surface area contributed by atoms with Crippen LogP contribution in [0.25, 0.3) is 0 Å². The molecule has 15 nitrogen and oxygen atoms in total. The molecule has 5 amide bonds. The topological polar surface area (TPSA) is 191 Å². The molecule has 1 aliphatic carbocycles. The third kappa shape index (κ3) is 8.76. The number of carbonyl (C=O) groups is 6. The molecular weight excluding hydrogens is 706 g/mol. The summed E-state index contributed by atoms with van der Waals surface area (Å²) in [6.45, 7) is 4.26. The molecule has 3 aliphatic heterocycles. The molecule has 1 saturated carbocycles. The highest BCUT2D eigenvalue weighted by molar-refractivity contribution is 5.99. The summed E-state index contributed by atoms with van der Waals surface area (Å²) in [6, 6.07) is 7.93. The fraction of sp³-hybridized carbons (Fsp3) is 0.525. The van der Waals surface area contributed by atoms with Crippen LogP contribution in [0.1, 0.15) is 73.9 Å². The molecule has 0 bridgehead atoms. The van der Waals surface area contributed by atoms with Crippen molar-refractivity contribution in [3.63, 3.8) is 0 Å². The number of nitrogens with one attached hydrogen (secondary N) is 3. The zero-order valence-corrected chi connectivity index (χ0v) is 31.8. The van der Waals surface area contributed by atoms with Crippen molar-refractivity contribution in [3.8, 4) is 0 Å². The Labute approximate surface area is 320 Å². The van der Waals surface area contributed by atoms with Crippen LogP contribution >= 0.6 is 0 Å². The van der Waals surface area contributed by atoms with Gasteiger partial charge < -0.3 is 40.5 Å². The quantitative estimate of drug-likeness (QED) is 0.292. The standard InChI is InChI=1S/C40H51N7O8/c1-24(2)33(43-34(48)26-15-16-32(41-21-26)45(3)4)36(50)42-30-14-8-6-5-7-13-28-20-40(28,38(52)53)44-35(49)31-19-29(23-47(31)37(30)51)55-39(54)46-18-17-25-11-9-10-12-27(25)22-46/h7,9-13,15-16,21,24,28-31,33H,5-6,8,14,17-20,22-23H2,1-4H3,(H,42,50)(H,43,48)(H,44,49)(H,52,53)/b13-7-/t28-,29-,30+,31+,33-,40-/m1/s1. The lowest BCUT2D eigenvalue weighted by Gasteiger charge is -2.31. The van der Waals surface area contributed by atoms with E-state index in [2.05, 4.69) is 20.9 Å². The average molecular weight is 758 g/mol. The molecule has 4 N–H and O–H groups in total. The number of amides is 5. The number of nitrogens with zero attached hydrogens (tertiary/aromatic N) is 4. The van der Waals surface area contributed by atoms with Crippen LogP contribution in [-0.4, -0.2) is 113 Å². The predicted octanol–water partition coefficient (Wildman–Crippen LogP) is 2.64. The number of carboxylic acid groups (broad SMARTS) is 1. The minimum absolute atomic E-state index is 0.0457. The number of pyridine rings is 1. The third-order valence-corrected chi connectivity index (χ3v) is 11.0.